The van der Waals surface area contributed by atoms with E-state index in [-0.39, 0.29) is 16.8 Å². The summed E-state index contributed by atoms with van der Waals surface area (Å²) in [7, 11) is 0. The van der Waals surface area contributed by atoms with Gasteiger partial charge in [0.15, 0.2) is 5.67 Å². The summed E-state index contributed by atoms with van der Waals surface area (Å²) < 4.78 is 28.7. The van der Waals surface area contributed by atoms with Crippen molar-refractivity contribution in [3.63, 3.8) is 0 Å². The number of halogens is 2. The molecule has 0 bridgehead atoms. The molecule has 0 aliphatic heterocycles. The van der Waals surface area contributed by atoms with Crippen molar-refractivity contribution in [2.75, 3.05) is 6.61 Å². The Kier molecular flexibility index (Phi) is 5.08. The topological polar surface area (TPSA) is 95.1 Å². The first-order valence-electron chi connectivity index (χ1n) is 7.21. The van der Waals surface area contributed by atoms with Crippen LogP contribution in [0.25, 0.3) is 0 Å². The van der Waals surface area contributed by atoms with E-state index in [4.69, 9.17) is 5.11 Å². The highest BCUT2D eigenvalue weighted by Gasteiger charge is 2.30. The second kappa shape index (κ2) is 6.88. The van der Waals surface area contributed by atoms with Crippen LogP contribution in [0.1, 0.15) is 41.5 Å². The normalized spacial score (nSPS) is 14.7. The van der Waals surface area contributed by atoms with E-state index in [9.17, 15) is 18.4 Å². The number of carbonyl (C=O) groups excluding carboxylic acids is 1. The molecule has 0 aliphatic rings. The maximum absolute atomic E-state index is 14.5. The van der Waals surface area contributed by atoms with Gasteiger partial charge in [-0.15, -0.1) is 0 Å². The number of nitrogens with zero attached hydrogens (tertiary/aromatic N) is 1. The van der Waals surface area contributed by atoms with Gasteiger partial charge in [0.2, 0.25) is 0 Å². The molecule has 0 radical (unpaired) electrons. The fourth-order valence-corrected chi connectivity index (χ4v) is 2.19. The van der Waals surface area contributed by atoms with E-state index in [1.54, 1.807) is 0 Å². The summed E-state index contributed by atoms with van der Waals surface area (Å²) in [6.07, 6.45) is 0. The van der Waals surface area contributed by atoms with Crippen molar-refractivity contribution in [1.82, 2.24) is 15.5 Å². The van der Waals surface area contributed by atoms with Gasteiger partial charge in [0, 0.05) is 17.2 Å². The molecular formula is C16H17F2N3O3. The fraction of sp³-hybridized carbons (Fsp3) is 0.312. The van der Waals surface area contributed by atoms with Gasteiger partial charge in [0.1, 0.15) is 11.5 Å². The Morgan fingerprint density at radius 2 is 2.12 bits per heavy atom. The lowest BCUT2D eigenvalue weighted by molar-refractivity contribution is 0.0829. The molecule has 1 heterocycles. The van der Waals surface area contributed by atoms with Crippen molar-refractivity contribution < 1.29 is 18.7 Å². The van der Waals surface area contributed by atoms with Crippen molar-refractivity contribution in [1.29, 1.82) is 0 Å². The van der Waals surface area contributed by atoms with Gasteiger partial charge in [-0.1, -0.05) is 18.2 Å². The molecule has 0 saturated heterocycles. The monoisotopic (exact) mass is 337 g/mol. The fourth-order valence-electron chi connectivity index (χ4n) is 2.19. The van der Waals surface area contributed by atoms with Crippen LogP contribution >= 0.6 is 0 Å². The number of aliphatic hydroxyl groups is 1. The highest BCUT2D eigenvalue weighted by Crippen LogP contribution is 2.30. The van der Waals surface area contributed by atoms with E-state index < -0.39 is 35.6 Å². The van der Waals surface area contributed by atoms with Crippen LogP contribution in [0.4, 0.5) is 8.78 Å². The molecule has 0 spiro atoms. The molecule has 1 aromatic carbocycles. The number of carbonyl (C=O) groups is 1. The number of amides is 1. The number of H-pyrrole nitrogens is 1. The molecule has 128 valence electrons. The first-order chi connectivity index (χ1) is 11.3. The number of aromatic amines is 1. The van der Waals surface area contributed by atoms with Gasteiger partial charge in [-0.25, -0.2) is 13.9 Å². The lowest BCUT2D eigenvalue weighted by Gasteiger charge is -2.22. The smallest absolute Gasteiger partial charge is 0.272 e. The van der Waals surface area contributed by atoms with Gasteiger partial charge >= 0.3 is 0 Å². The third-order valence-electron chi connectivity index (χ3n) is 3.61. The first kappa shape index (κ1) is 17.7. The minimum atomic E-state index is -2.23. The molecule has 2 aromatic rings. The summed E-state index contributed by atoms with van der Waals surface area (Å²) >= 11 is 0. The van der Waals surface area contributed by atoms with Gasteiger partial charge in [-0.05, 0) is 19.9 Å². The molecule has 1 aromatic heterocycles. The molecule has 0 aliphatic carbocycles. The average Bonchev–Trinajstić information content (AvgIpc) is 2.55. The third-order valence-corrected chi connectivity index (χ3v) is 3.61. The van der Waals surface area contributed by atoms with Crippen molar-refractivity contribution in [2.24, 2.45) is 0 Å². The van der Waals surface area contributed by atoms with Crippen LogP contribution in [0.3, 0.4) is 0 Å². The van der Waals surface area contributed by atoms with Crippen molar-refractivity contribution >= 4 is 5.91 Å². The quantitative estimate of drug-likeness (QED) is 0.772. The summed E-state index contributed by atoms with van der Waals surface area (Å²) in [4.78, 5) is 23.0. The predicted octanol–water partition coefficient (Wildman–Crippen LogP) is 1.58. The Morgan fingerprint density at radius 1 is 1.42 bits per heavy atom. The molecule has 0 fully saturated rings. The molecule has 2 atom stereocenters. The van der Waals surface area contributed by atoms with Crippen molar-refractivity contribution in [3.8, 4) is 0 Å². The third kappa shape index (κ3) is 3.65. The maximum atomic E-state index is 14.5. The summed E-state index contributed by atoms with van der Waals surface area (Å²) in [6.45, 7) is 1.73. The highest BCUT2D eigenvalue weighted by molar-refractivity contribution is 5.92. The van der Waals surface area contributed by atoms with Gasteiger partial charge in [-0.3, -0.25) is 9.59 Å². The Balaban J connectivity index is 2.25. The minimum Gasteiger partial charge on any atom is -0.393 e. The van der Waals surface area contributed by atoms with Crippen LogP contribution in [-0.4, -0.2) is 27.8 Å². The molecule has 0 saturated carbocycles. The number of rotatable bonds is 5. The van der Waals surface area contributed by atoms with E-state index in [2.05, 4.69) is 15.5 Å². The molecule has 24 heavy (non-hydrogen) atoms. The number of benzene rings is 1. The Bertz CT molecular complexity index is 785. The zero-order valence-corrected chi connectivity index (χ0v) is 13.1. The minimum absolute atomic E-state index is 0.0382. The van der Waals surface area contributed by atoms with Crippen molar-refractivity contribution in [2.45, 2.75) is 25.6 Å². The Hall–Kier alpha value is -2.61. The number of hydrogen-bond acceptors (Lipinski definition) is 4. The van der Waals surface area contributed by atoms with Gasteiger partial charge in [-0.2, -0.15) is 5.10 Å². The second-order valence-corrected chi connectivity index (χ2v) is 5.57. The van der Waals surface area contributed by atoms with Gasteiger partial charge < -0.3 is 10.4 Å². The maximum Gasteiger partial charge on any atom is 0.272 e. The molecule has 3 N–H and O–H groups in total. The van der Waals surface area contributed by atoms with Crippen LogP contribution in [0.5, 0.6) is 0 Å². The molecule has 2 rings (SSSR count). The second-order valence-electron chi connectivity index (χ2n) is 5.57. The zero-order chi connectivity index (χ0) is 17.9. The van der Waals surface area contributed by atoms with E-state index in [0.717, 1.165) is 13.0 Å². The van der Waals surface area contributed by atoms with Crippen LogP contribution in [0.2, 0.25) is 0 Å². The number of hydrogen-bond donors (Lipinski definition) is 3. The van der Waals surface area contributed by atoms with E-state index in [1.165, 1.54) is 31.2 Å². The Morgan fingerprint density at radius 3 is 2.71 bits per heavy atom. The van der Waals surface area contributed by atoms with Crippen LogP contribution in [0, 0.1) is 5.82 Å². The van der Waals surface area contributed by atoms with Crippen LogP contribution in [0.15, 0.2) is 35.1 Å². The standard InChI is InChI=1S/C16H17F2N3O3/c1-9(19-15(24)12-6-7-13(23)21-20-12)10-4-3-5-11(14(10)17)16(2,18)8-22/h3-7,9,22H,8H2,1-2H3,(H,19,24)(H,21,23)/t9-,16?/m1/s1. The number of alkyl halides is 1. The number of nitrogens with one attached hydrogen (secondary N) is 2. The summed E-state index contributed by atoms with van der Waals surface area (Å²) in [5.41, 5.74) is -2.94. The lowest BCUT2D eigenvalue weighted by Crippen LogP contribution is -2.30. The summed E-state index contributed by atoms with van der Waals surface area (Å²) in [6, 6.07) is 5.70. The molecule has 1 unspecified atom stereocenters. The average molecular weight is 337 g/mol. The van der Waals surface area contributed by atoms with E-state index in [1.807, 2.05) is 0 Å². The summed E-state index contributed by atoms with van der Waals surface area (Å²) in [5.74, 6) is -1.45. The number of aliphatic hydroxyl groups excluding tert-OH is 1. The van der Waals surface area contributed by atoms with Gasteiger partial charge in [0.05, 0.1) is 12.6 Å². The lowest BCUT2D eigenvalue weighted by atomic mass is 9.94. The molecule has 1 amide bonds. The zero-order valence-electron chi connectivity index (χ0n) is 13.1. The molecule has 8 heteroatoms. The molecular weight excluding hydrogens is 320 g/mol. The van der Waals surface area contributed by atoms with Crippen LogP contribution in [-0.2, 0) is 5.67 Å². The van der Waals surface area contributed by atoms with E-state index in [0.29, 0.717) is 0 Å². The number of aromatic nitrogens is 2. The summed E-state index contributed by atoms with van der Waals surface area (Å²) in [5, 5.41) is 17.3. The SMILES string of the molecule is C[C@@H](NC(=O)c1ccc(=O)[nH]n1)c1cccc(C(C)(F)CO)c1F. The Labute approximate surface area is 136 Å². The predicted molar refractivity (Wildman–Crippen MR) is 82.7 cm³/mol. The highest BCUT2D eigenvalue weighted by atomic mass is 19.1. The van der Waals surface area contributed by atoms with E-state index >= 15 is 0 Å². The van der Waals surface area contributed by atoms with Gasteiger partial charge in [0.25, 0.3) is 11.5 Å². The first-order valence-corrected chi connectivity index (χ1v) is 7.21. The van der Waals surface area contributed by atoms with Crippen molar-refractivity contribution in [3.05, 3.63) is 63.3 Å². The van der Waals surface area contributed by atoms with Crippen LogP contribution < -0.4 is 10.9 Å². The molecule has 6 nitrogen and oxygen atoms in total. The largest absolute Gasteiger partial charge is 0.393 e.